The van der Waals surface area contributed by atoms with E-state index >= 15 is 0 Å². The van der Waals surface area contributed by atoms with Gasteiger partial charge in [0.1, 0.15) is 0 Å². The molecule has 0 saturated heterocycles. The van der Waals surface area contributed by atoms with Gasteiger partial charge in [-0.1, -0.05) is 13.8 Å². The Balaban J connectivity index is 0. The van der Waals surface area contributed by atoms with Crippen molar-refractivity contribution >= 4 is 8.80 Å². The Morgan fingerprint density at radius 1 is 1.07 bits per heavy atom. The predicted molar refractivity (Wildman–Crippen MR) is 59.2 cm³/mol. The third kappa shape index (κ3) is 7.46. The Morgan fingerprint density at radius 3 is 1.43 bits per heavy atom. The van der Waals surface area contributed by atoms with Gasteiger partial charge in [0.05, 0.1) is 0 Å². The molecule has 0 bridgehead atoms. The standard InChI is InChI=1S/C7H18O3Si.C2H6O/c1-7(2)6-11(8-3,9-4)10-5;1-2-3/h7H,6H2,1-5H3;3H,2H2,1H3. The van der Waals surface area contributed by atoms with Crippen LogP contribution >= 0.6 is 0 Å². The van der Waals surface area contributed by atoms with Gasteiger partial charge in [0.15, 0.2) is 0 Å². The molecule has 0 heterocycles. The number of hydrogen-bond donors (Lipinski definition) is 1. The van der Waals surface area contributed by atoms with Crippen molar-refractivity contribution in [3.8, 4) is 0 Å². The maximum absolute atomic E-state index is 7.57. The zero-order valence-corrected chi connectivity index (χ0v) is 11.2. The molecule has 0 saturated carbocycles. The maximum Gasteiger partial charge on any atom is 0.500 e. The van der Waals surface area contributed by atoms with Gasteiger partial charge >= 0.3 is 8.80 Å². The van der Waals surface area contributed by atoms with E-state index in [0.717, 1.165) is 6.04 Å². The number of aliphatic hydroxyl groups is 1. The third-order valence-electron chi connectivity index (χ3n) is 1.59. The van der Waals surface area contributed by atoms with Crippen LogP contribution in [-0.2, 0) is 13.3 Å². The SMILES string of the molecule is CCO.CO[Si](CC(C)C)(OC)OC. The van der Waals surface area contributed by atoms with E-state index in [4.69, 9.17) is 18.4 Å². The van der Waals surface area contributed by atoms with Crippen LogP contribution in [0.3, 0.4) is 0 Å². The molecule has 0 atom stereocenters. The molecule has 0 amide bonds. The molecule has 4 nitrogen and oxygen atoms in total. The minimum absolute atomic E-state index is 0.250. The first-order valence-electron chi connectivity index (χ1n) is 4.78. The molecule has 0 spiro atoms. The lowest BCUT2D eigenvalue weighted by Crippen LogP contribution is -2.43. The van der Waals surface area contributed by atoms with Crippen LogP contribution in [-0.4, -0.2) is 41.8 Å². The number of hydrogen-bond acceptors (Lipinski definition) is 4. The minimum Gasteiger partial charge on any atom is -0.397 e. The lowest BCUT2D eigenvalue weighted by molar-refractivity contribution is 0.119. The number of rotatable bonds is 5. The highest BCUT2D eigenvalue weighted by Crippen LogP contribution is 2.18. The molecule has 0 unspecified atom stereocenters. The fraction of sp³-hybridized carbons (Fsp3) is 1.00. The fourth-order valence-electron chi connectivity index (χ4n) is 1.00. The Hall–Kier alpha value is 0.0569. The van der Waals surface area contributed by atoms with Crippen LogP contribution in [0, 0.1) is 5.92 Å². The normalized spacial score (nSPS) is 11.1. The summed E-state index contributed by atoms with van der Waals surface area (Å²) in [5, 5.41) is 7.57. The first-order chi connectivity index (χ1) is 6.51. The average Bonchev–Trinajstić information content (AvgIpc) is 2.15. The van der Waals surface area contributed by atoms with Crippen molar-refractivity contribution < 1.29 is 18.4 Å². The van der Waals surface area contributed by atoms with Gasteiger partial charge in [0, 0.05) is 34.0 Å². The van der Waals surface area contributed by atoms with Crippen LogP contribution < -0.4 is 0 Å². The Kier molecular flexibility index (Phi) is 11.3. The minimum atomic E-state index is -2.28. The van der Waals surface area contributed by atoms with E-state index in [0.29, 0.717) is 5.92 Å². The van der Waals surface area contributed by atoms with Crippen LogP contribution in [0.5, 0.6) is 0 Å². The topological polar surface area (TPSA) is 47.9 Å². The fourth-order valence-corrected chi connectivity index (χ4v) is 3.00. The molecule has 0 aromatic heterocycles. The van der Waals surface area contributed by atoms with Crippen LogP contribution in [0.25, 0.3) is 0 Å². The van der Waals surface area contributed by atoms with E-state index in [1.165, 1.54) is 0 Å². The van der Waals surface area contributed by atoms with Crippen LogP contribution in [0.15, 0.2) is 0 Å². The summed E-state index contributed by atoms with van der Waals surface area (Å²) in [6.07, 6.45) is 0. The second kappa shape index (κ2) is 9.61. The van der Waals surface area contributed by atoms with Gasteiger partial charge in [-0.2, -0.15) is 0 Å². The van der Waals surface area contributed by atoms with E-state index in [1.807, 2.05) is 0 Å². The first kappa shape index (κ1) is 16.5. The van der Waals surface area contributed by atoms with Crippen molar-refractivity contribution in [3.05, 3.63) is 0 Å². The molecule has 88 valence electrons. The second-order valence-electron chi connectivity index (χ2n) is 3.21. The van der Waals surface area contributed by atoms with Gasteiger partial charge in [-0.05, 0) is 12.8 Å². The van der Waals surface area contributed by atoms with E-state index in [2.05, 4.69) is 13.8 Å². The molecule has 0 fully saturated rings. The zero-order chi connectivity index (χ0) is 11.6. The molecule has 14 heavy (non-hydrogen) atoms. The molecule has 0 aromatic rings. The summed E-state index contributed by atoms with van der Waals surface area (Å²) in [4.78, 5) is 0. The van der Waals surface area contributed by atoms with Crippen molar-refractivity contribution in [2.75, 3.05) is 27.9 Å². The van der Waals surface area contributed by atoms with Gasteiger partial charge in [-0.15, -0.1) is 0 Å². The molecule has 0 radical (unpaired) electrons. The second-order valence-corrected chi connectivity index (χ2v) is 6.21. The van der Waals surface area contributed by atoms with E-state index in [9.17, 15) is 0 Å². The Bertz CT molecular complexity index is 107. The summed E-state index contributed by atoms with van der Waals surface area (Å²) < 4.78 is 15.7. The molecule has 0 aliphatic carbocycles. The monoisotopic (exact) mass is 224 g/mol. The highest BCUT2D eigenvalue weighted by Gasteiger charge is 2.38. The molecule has 5 heteroatoms. The van der Waals surface area contributed by atoms with Gasteiger partial charge in [0.2, 0.25) is 0 Å². The van der Waals surface area contributed by atoms with Gasteiger partial charge < -0.3 is 18.4 Å². The van der Waals surface area contributed by atoms with Crippen molar-refractivity contribution in [1.82, 2.24) is 0 Å². The summed E-state index contributed by atoms with van der Waals surface area (Å²) in [6, 6.07) is 0.872. The Labute approximate surface area is 88.6 Å². The molecular formula is C9H24O4Si. The largest absolute Gasteiger partial charge is 0.500 e. The summed E-state index contributed by atoms with van der Waals surface area (Å²) in [6.45, 7) is 6.18. The lowest BCUT2D eigenvalue weighted by atomic mass is 10.3. The third-order valence-corrected chi connectivity index (χ3v) is 4.77. The Morgan fingerprint density at radius 2 is 1.36 bits per heavy atom. The quantitative estimate of drug-likeness (QED) is 0.719. The molecule has 0 aliphatic heterocycles. The van der Waals surface area contributed by atoms with Crippen LogP contribution in [0.1, 0.15) is 20.8 Å². The lowest BCUT2D eigenvalue weighted by Gasteiger charge is -2.25. The van der Waals surface area contributed by atoms with Crippen molar-refractivity contribution in [2.24, 2.45) is 5.92 Å². The number of aliphatic hydroxyl groups excluding tert-OH is 1. The molecular weight excluding hydrogens is 200 g/mol. The highest BCUT2D eigenvalue weighted by atomic mass is 28.4. The molecule has 1 N–H and O–H groups in total. The van der Waals surface area contributed by atoms with Crippen LogP contribution in [0.2, 0.25) is 6.04 Å². The van der Waals surface area contributed by atoms with Gasteiger partial charge in [-0.25, -0.2) is 0 Å². The molecule has 0 rings (SSSR count). The summed E-state index contributed by atoms with van der Waals surface area (Å²) in [7, 11) is 2.64. The van der Waals surface area contributed by atoms with E-state index in [1.54, 1.807) is 28.3 Å². The summed E-state index contributed by atoms with van der Waals surface area (Å²) >= 11 is 0. The van der Waals surface area contributed by atoms with Crippen molar-refractivity contribution in [1.29, 1.82) is 0 Å². The first-order valence-corrected chi connectivity index (χ1v) is 6.71. The van der Waals surface area contributed by atoms with Crippen molar-refractivity contribution in [2.45, 2.75) is 26.8 Å². The van der Waals surface area contributed by atoms with Crippen molar-refractivity contribution in [3.63, 3.8) is 0 Å². The maximum atomic E-state index is 7.57. The molecule has 0 aromatic carbocycles. The van der Waals surface area contributed by atoms with Gasteiger partial charge in [0.25, 0.3) is 0 Å². The van der Waals surface area contributed by atoms with E-state index in [-0.39, 0.29) is 6.61 Å². The summed E-state index contributed by atoms with van der Waals surface area (Å²) in [5.41, 5.74) is 0. The highest BCUT2D eigenvalue weighted by molar-refractivity contribution is 6.60. The zero-order valence-electron chi connectivity index (χ0n) is 10.2. The van der Waals surface area contributed by atoms with E-state index < -0.39 is 8.80 Å². The van der Waals surface area contributed by atoms with Gasteiger partial charge in [-0.3, -0.25) is 0 Å². The van der Waals surface area contributed by atoms with Crippen LogP contribution in [0.4, 0.5) is 0 Å². The smallest absolute Gasteiger partial charge is 0.397 e. The molecule has 0 aliphatic rings. The predicted octanol–water partition coefficient (Wildman–Crippen LogP) is 1.52. The average molecular weight is 224 g/mol. The summed E-state index contributed by atoms with van der Waals surface area (Å²) in [5.74, 6) is 0.543.